The molecule has 0 bridgehead atoms. The van der Waals surface area contributed by atoms with Crippen LogP contribution in [-0.2, 0) is 22.0 Å². The Morgan fingerprint density at radius 1 is 1.26 bits per heavy atom. The summed E-state index contributed by atoms with van der Waals surface area (Å²) in [5.74, 6) is 3.12. The highest BCUT2D eigenvalue weighted by Crippen LogP contribution is 2.29. The summed E-state index contributed by atoms with van der Waals surface area (Å²) in [6.45, 7) is 9.62. The van der Waals surface area contributed by atoms with Crippen molar-refractivity contribution in [2.45, 2.75) is 68.7 Å². The second kappa shape index (κ2) is 12.7. The Balaban J connectivity index is 0.000000308. The van der Waals surface area contributed by atoms with Gasteiger partial charge in [0.25, 0.3) is 0 Å². The summed E-state index contributed by atoms with van der Waals surface area (Å²) >= 11 is 0. The van der Waals surface area contributed by atoms with Gasteiger partial charge in [0.05, 0.1) is 17.0 Å². The lowest BCUT2D eigenvalue weighted by Crippen LogP contribution is -2.41. The first kappa shape index (κ1) is 26.0. The van der Waals surface area contributed by atoms with E-state index >= 15 is 0 Å². The second-order valence-electron chi connectivity index (χ2n) is 9.48. The molecule has 35 heavy (non-hydrogen) atoms. The molecule has 0 radical (unpaired) electrons. The minimum Gasteiger partial charge on any atom is -0.381 e. The second-order valence-corrected chi connectivity index (χ2v) is 11.2. The molecule has 3 saturated heterocycles. The zero-order valence-corrected chi connectivity index (χ0v) is 21.9. The van der Waals surface area contributed by atoms with E-state index in [1.165, 1.54) is 18.5 Å². The van der Waals surface area contributed by atoms with Crippen molar-refractivity contribution < 1.29 is 8.95 Å². The number of likely N-dealkylation sites (tertiary alicyclic amines) is 1. The van der Waals surface area contributed by atoms with E-state index in [-0.39, 0.29) is 11.3 Å². The maximum absolute atomic E-state index is 11.9. The number of aromatic amines is 1. The number of guanidine groups is 1. The molecule has 0 saturated carbocycles. The van der Waals surface area contributed by atoms with Gasteiger partial charge < -0.3 is 19.9 Å². The number of allylic oxidation sites excluding steroid dienone is 2. The molecule has 3 atom stereocenters. The topological polar surface area (TPSA) is 95.0 Å². The van der Waals surface area contributed by atoms with Gasteiger partial charge in [-0.25, -0.2) is 15.0 Å². The van der Waals surface area contributed by atoms with Crippen molar-refractivity contribution in [2.75, 3.05) is 39.1 Å². The van der Waals surface area contributed by atoms with E-state index in [1.54, 1.807) is 6.08 Å². The van der Waals surface area contributed by atoms with Gasteiger partial charge in [0.15, 0.2) is 0 Å². The molecule has 9 heteroatoms. The lowest BCUT2D eigenvalue weighted by Gasteiger charge is -2.33. The van der Waals surface area contributed by atoms with Crippen LogP contribution < -0.4 is 5.32 Å². The van der Waals surface area contributed by atoms with Crippen molar-refractivity contribution >= 4 is 29.0 Å². The van der Waals surface area contributed by atoms with Gasteiger partial charge in [0.2, 0.25) is 5.96 Å². The number of aryl methyl sites for hydroxylation is 1. The molecule has 0 aromatic carbocycles. The maximum Gasteiger partial charge on any atom is 0.220 e. The Hall–Kier alpha value is -2.10. The Bertz CT molecular complexity index is 957. The Morgan fingerprint density at radius 2 is 2.03 bits per heavy atom. The van der Waals surface area contributed by atoms with Crippen LogP contribution in [-0.4, -0.2) is 87.7 Å². The van der Waals surface area contributed by atoms with Gasteiger partial charge >= 0.3 is 0 Å². The van der Waals surface area contributed by atoms with E-state index < -0.39 is 10.8 Å². The minimum absolute atomic E-state index is 0.0314. The zero-order valence-electron chi connectivity index (χ0n) is 21.1. The molecule has 4 aliphatic heterocycles. The molecule has 2 N–H and O–H groups in total. The normalized spacial score (nSPS) is 27.4. The molecule has 1 aromatic rings. The standard InChI is InChI=1S/C20H27N5OS.C6H13NO/c1-3-5-6-16-15(4-2)22-19(23-16)14-7-10-25(11-8-14)20-21-13-18-17(24-20)9-12-27(18)26;1-7-6-2-4-8-5-3-6/h3,5-6,13-14,17-18H,1,4,7-12H2,2H3,(H,22,23);6-7H,2-5H2,1H3/b6-5-;. The van der Waals surface area contributed by atoms with Crippen LogP contribution in [0, 0.1) is 0 Å². The number of rotatable bonds is 5. The van der Waals surface area contributed by atoms with Gasteiger partial charge in [-0.15, -0.1) is 0 Å². The SMILES string of the molecule is C=C/C=C\c1nc(C2CCN(C3=NC4CCS(=O)C4C=N3)CC2)[nH]c1CC.CNC1CCOCC1. The number of hydrogen-bond donors (Lipinski definition) is 2. The van der Waals surface area contributed by atoms with Crippen LogP contribution in [0.1, 0.15) is 62.2 Å². The number of H-pyrrole nitrogens is 1. The van der Waals surface area contributed by atoms with E-state index in [9.17, 15) is 4.21 Å². The quantitative estimate of drug-likeness (QED) is 0.606. The highest BCUT2D eigenvalue weighted by molar-refractivity contribution is 7.86. The number of imidazole rings is 1. The average molecular weight is 501 g/mol. The van der Waals surface area contributed by atoms with Crippen molar-refractivity contribution in [1.29, 1.82) is 0 Å². The van der Waals surface area contributed by atoms with E-state index in [0.29, 0.717) is 12.0 Å². The number of aromatic nitrogens is 2. The monoisotopic (exact) mass is 500 g/mol. The lowest BCUT2D eigenvalue weighted by molar-refractivity contribution is 0.0799. The van der Waals surface area contributed by atoms with Gasteiger partial charge in [-0.3, -0.25) is 4.21 Å². The van der Waals surface area contributed by atoms with E-state index in [2.05, 4.69) is 33.7 Å². The molecule has 4 aliphatic rings. The van der Waals surface area contributed by atoms with Gasteiger partial charge in [0.1, 0.15) is 5.82 Å². The van der Waals surface area contributed by atoms with E-state index in [1.807, 2.05) is 25.4 Å². The van der Waals surface area contributed by atoms with Crippen LogP contribution in [0.4, 0.5) is 0 Å². The number of ether oxygens (including phenoxy) is 1. The van der Waals surface area contributed by atoms with Crippen LogP contribution in [0.25, 0.3) is 6.08 Å². The van der Waals surface area contributed by atoms with Crippen molar-refractivity contribution in [3.8, 4) is 0 Å². The average Bonchev–Trinajstić information content (AvgIpc) is 3.51. The van der Waals surface area contributed by atoms with E-state index in [0.717, 1.165) is 75.2 Å². The Labute approximate surface area is 211 Å². The highest BCUT2D eigenvalue weighted by atomic mass is 32.2. The fourth-order valence-electron chi connectivity index (χ4n) is 5.05. The molecular weight excluding hydrogens is 460 g/mol. The smallest absolute Gasteiger partial charge is 0.220 e. The number of aliphatic imine (C=N–C) groups is 2. The van der Waals surface area contributed by atoms with Gasteiger partial charge in [0, 0.05) is 66.7 Å². The van der Waals surface area contributed by atoms with Crippen molar-refractivity contribution in [3.63, 3.8) is 0 Å². The summed E-state index contributed by atoms with van der Waals surface area (Å²) in [5, 5.41) is 3.26. The predicted molar refractivity (Wildman–Crippen MR) is 145 cm³/mol. The van der Waals surface area contributed by atoms with Crippen LogP contribution in [0.5, 0.6) is 0 Å². The fourth-order valence-corrected chi connectivity index (χ4v) is 6.54. The minimum atomic E-state index is -0.793. The Kier molecular flexibility index (Phi) is 9.45. The number of fused-ring (bicyclic) bond motifs is 1. The number of piperidine rings is 1. The third kappa shape index (κ3) is 6.57. The fraction of sp³-hybridized carbons (Fsp3) is 0.654. The highest BCUT2D eigenvalue weighted by Gasteiger charge is 2.36. The summed E-state index contributed by atoms with van der Waals surface area (Å²) in [6.07, 6.45) is 13.9. The first-order valence-corrected chi connectivity index (χ1v) is 14.4. The lowest BCUT2D eigenvalue weighted by atomic mass is 9.96. The molecule has 3 fully saturated rings. The zero-order chi connectivity index (χ0) is 24.6. The first-order valence-electron chi connectivity index (χ1n) is 13.0. The summed E-state index contributed by atoms with van der Waals surface area (Å²) in [5.41, 5.74) is 2.21. The summed E-state index contributed by atoms with van der Waals surface area (Å²) in [6, 6.07) is 0.871. The van der Waals surface area contributed by atoms with E-state index in [4.69, 9.17) is 14.7 Å². The van der Waals surface area contributed by atoms with Crippen molar-refractivity contribution in [2.24, 2.45) is 9.98 Å². The molecule has 0 spiro atoms. The first-order chi connectivity index (χ1) is 17.1. The summed E-state index contributed by atoms with van der Waals surface area (Å²) in [4.78, 5) is 19.9. The van der Waals surface area contributed by atoms with Crippen LogP contribution in [0.2, 0.25) is 0 Å². The number of nitrogens with zero attached hydrogens (tertiary/aromatic N) is 4. The largest absolute Gasteiger partial charge is 0.381 e. The Morgan fingerprint density at radius 3 is 2.69 bits per heavy atom. The molecule has 0 aliphatic carbocycles. The molecule has 1 aromatic heterocycles. The number of hydrogen-bond acceptors (Lipinski definition) is 7. The molecule has 5 heterocycles. The maximum atomic E-state index is 11.9. The molecule has 3 unspecified atom stereocenters. The van der Waals surface area contributed by atoms with Crippen LogP contribution in [0.15, 0.2) is 28.7 Å². The van der Waals surface area contributed by atoms with Crippen LogP contribution >= 0.6 is 0 Å². The predicted octanol–water partition coefficient (Wildman–Crippen LogP) is 3.07. The molecule has 192 valence electrons. The molecule has 8 nitrogen and oxygen atoms in total. The summed E-state index contributed by atoms with van der Waals surface area (Å²) < 4.78 is 17.1. The van der Waals surface area contributed by atoms with Crippen molar-refractivity contribution in [1.82, 2.24) is 20.2 Å². The third-order valence-corrected chi connectivity index (χ3v) is 8.96. The molecular formula is C26H40N6O2S. The third-order valence-electron chi connectivity index (χ3n) is 7.28. The van der Waals surface area contributed by atoms with Gasteiger partial charge in [-0.05, 0) is 51.6 Å². The number of nitrogens with one attached hydrogen (secondary N) is 2. The van der Waals surface area contributed by atoms with Crippen molar-refractivity contribution in [3.05, 3.63) is 35.9 Å². The summed E-state index contributed by atoms with van der Waals surface area (Å²) in [7, 11) is 1.22. The van der Waals surface area contributed by atoms with Gasteiger partial charge in [-0.1, -0.05) is 25.7 Å². The molecule has 0 amide bonds. The van der Waals surface area contributed by atoms with Crippen LogP contribution in [0.3, 0.4) is 0 Å². The molecule has 5 rings (SSSR count). The van der Waals surface area contributed by atoms with Gasteiger partial charge in [-0.2, -0.15) is 0 Å².